The second-order valence-electron chi connectivity index (χ2n) is 5.94. The molecule has 1 amide bonds. The van der Waals surface area contributed by atoms with Crippen molar-refractivity contribution in [3.05, 3.63) is 64.8 Å². The van der Waals surface area contributed by atoms with Gasteiger partial charge in [0, 0.05) is 5.39 Å². The summed E-state index contributed by atoms with van der Waals surface area (Å²) in [5, 5.41) is 7.98. The molecule has 0 aliphatic carbocycles. The maximum atomic E-state index is 12.3. The lowest BCUT2D eigenvalue weighted by Crippen LogP contribution is -2.28. The monoisotopic (exact) mass is 308 g/mol. The zero-order valence-electron chi connectivity index (χ0n) is 13.6. The first kappa shape index (κ1) is 15.3. The van der Waals surface area contributed by atoms with Crippen LogP contribution in [0.4, 0.5) is 0 Å². The van der Waals surface area contributed by atoms with Gasteiger partial charge in [-0.2, -0.15) is 0 Å². The number of nitrogens with one attached hydrogen (secondary N) is 1. The molecule has 3 aromatic rings. The van der Waals surface area contributed by atoms with Gasteiger partial charge in [0.05, 0.1) is 12.5 Å². The third-order valence-corrected chi connectivity index (χ3v) is 4.17. The highest BCUT2D eigenvalue weighted by Crippen LogP contribution is 2.23. The Morgan fingerprint density at radius 1 is 1.17 bits per heavy atom. The zero-order chi connectivity index (χ0) is 16.4. The van der Waals surface area contributed by atoms with Crippen molar-refractivity contribution in [2.45, 2.75) is 33.2 Å². The number of hydrogen-bond acceptors (Lipinski definition) is 3. The lowest BCUT2D eigenvalue weighted by Gasteiger charge is -2.13. The van der Waals surface area contributed by atoms with Crippen LogP contribution in [0.5, 0.6) is 0 Å². The fraction of sp³-hybridized carbons (Fsp3) is 0.263. The van der Waals surface area contributed by atoms with E-state index in [4.69, 9.17) is 4.52 Å². The molecule has 2 aromatic carbocycles. The van der Waals surface area contributed by atoms with Gasteiger partial charge in [0.1, 0.15) is 5.69 Å². The van der Waals surface area contributed by atoms with Crippen molar-refractivity contribution in [3.63, 3.8) is 0 Å². The lowest BCUT2D eigenvalue weighted by atomic mass is 10.0. The second-order valence-corrected chi connectivity index (χ2v) is 5.94. The van der Waals surface area contributed by atoms with Crippen molar-refractivity contribution in [3.8, 4) is 0 Å². The van der Waals surface area contributed by atoms with Crippen LogP contribution < -0.4 is 5.32 Å². The van der Waals surface area contributed by atoms with E-state index >= 15 is 0 Å². The second kappa shape index (κ2) is 6.24. The summed E-state index contributed by atoms with van der Waals surface area (Å²) in [7, 11) is 0. The first-order valence-corrected chi connectivity index (χ1v) is 7.74. The van der Waals surface area contributed by atoms with Crippen molar-refractivity contribution in [2.75, 3.05) is 0 Å². The van der Waals surface area contributed by atoms with Crippen LogP contribution in [-0.2, 0) is 11.2 Å². The number of fused-ring (bicyclic) bond motifs is 1. The van der Waals surface area contributed by atoms with Crippen LogP contribution in [0.25, 0.3) is 11.0 Å². The first-order valence-electron chi connectivity index (χ1n) is 7.74. The molecule has 4 heteroatoms. The Balaban J connectivity index is 1.74. The highest BCUT2D eigenvalue weighted by molar-refractivity contribution is 5.87. The molecular formula is C19H20N2O2. The van der Waals surface area contributed by atoms with Crippen LogP contribution >= 0.6 is 0 Å². The Bertz CT molecular complexity index is 837. The van der Waals surface area contributed by atoms with Crippen molar-refractivity contribution in [2.24, 2.45) is 0 Å². The predicted octanol–water partition coefficient (Wildman–Crippen LogP) is 3.86. The molecule has 118 valence electrons. The number of aryl methyl sites for hydroxylation is 2. The molecule has 1 aromatic heterocycles. The van der Waals surface area contributed by atoms with Crippen molar-refractivity contribution >= 4 is 16.9 Å². The van der Waals surface area contributed by atoms with E-state index in [9.17, 15) is 4.79 Å². The van der Waals surface area contributed by atoms with E-state index in [1.165, 1.54) is 5.56 Å². The Labute approximate surface area is 135 Å². The number of amides is 1. The first-order chi connectivity index (χ1) is 11.0. The van der Waals surface area contributed by atoms with Crippen LogP contribution in [0, 0.1) is 13.8 Å². The van der Waals surface area contributed by atoms with E-state index in [-0.39, 0.29) is 18.4 Å². The Morgan fingerprint density at radius 2 is 1.87 bits per heavy atom. The maximum Gasteiger partial charge on any atom is 0.226 e. The minimum atomic E-state index is -0.0604. The van der Waals surface area contributed by atoms with Crippen molar-refractivity contribution < 1.29 is 9.32 Å². The zero-order valence-corrected chi connectivity index (χ0v) is 13.6. The van der Waals surface area contributed by atoms with Crippen LogP contribution in [0.15, 0.2) is 47.0 Å². The number of benzene rings is 2. The summed E-state index contributed by atoms with van der Waals surface area (Å²) in [4.78, 5) is 12.3. The molecule has 3 rings (SSSR count). The molecule has 4 nitrogen and oxygen atoms in total. The van der Waals surface area contributed by atoms with Gasteiger partial charge in [-0.3, -0.25) is 4.79 Å². The summed E-state index contributed by atoms with van der Waals surface area (Å²) in [6.07, 6.45) is 0.215. The molecule has 0 aliphatic heterocycles. The van der Waals surface area contributed by atoms with Gasteiger partial charge in [0.25, 0.3) is 0 Å². The SMILES string of the molecule is Cc1cc2onc(CC(=O)NC(C)c3ccccc3)c2cc1C. The quantitative estimate of drug-likeness (QED) is 0.796. The molecule has 1 atom stereocenters. The highest BCUT2D eigenvalue weighted by Gasteiger charge is 2.15. The number of carbonyl (C=O) groups excluding carboxylic acids is 1. The average molecular weight is 308 g/mol. The van der Waals surface area contributed by atoms with E-state index in [0.29, 0.717) is 5.69 Å². The highest BCUT2D eigenvalue weighted by atomic mass is 16.5. The number of hydrogen-bond donors (Lipinski definition) is 1. The minimum absolute atomic E-state index is 0.0363. The maximum absolute atomic E-state index is 12.3. The van der Waals surface area contributed by atoms with Crippen LogP contribution in [0.2, 0.25) is 0 Å². The minimum Gasteiger partial charge on any atom is -0.356 e. The van der Waals surface area contributed by atoms with Gasteiger partial charge < -0.3 is 9.84 Å². The molecule has 1 unspecified atom stereocenters. The fourth-order valence-electron chi connectivity index (χ4n) is 2.64. The topological polar surface area (TPSA) is 55.1 Å². The largest absolute Gasteiger partial charge is 0.356 e. The third kappa shape index (κ3) is 3.26. The summed E-state index contributed by atoms with van der Waals surface area (Å²) in [6.45, 7) is 6.05. The summed E-state index contributed by atoms with van der Waals surface area (Å²) < 4.78 is 5.35. The molecule has 0 bridgehead atoms. The van der Waals surface area contributed by atoms with Crippen LogP contribution in [0.3, 0.4) is 0 Å². The van der Waals surface area contributed by atoms with Crippen LogP contribution in [-0.4, -0.2) is 11.1 Å². The smallest absolute Gasteiger partial charge is 0.226 e. The van der Waals surface area contributed by atoms with Gasteiger partial charge >= 0.3 is 0 Å². The van der Waals surface area contributed by atoms with Crippen molar-refractivity contribution in [1.29, 1.82) is 0 Å². The summed E-state index contributed by atoms with van der Waals surface area (Å²) in [5.74, 6) is -0.0604. The molecular weight excluding hydrogens is 288 g/mol. The number of nitrogens with zero attached hydrogens (tertiary/aromatic N) is 1. The summed E-state index contributed by atoms with van der Waals surface area (Å²) in [5.41, 5.74) is 4.81. The van der Waals surface area contributed by atoms with Crippen LogP contribution in [0.1, 0.15) is 35.3 Å². The van der Waals surface area contributed by atoms with Gasteiger partial charge in [-0.1, -0.05) is 35.5 Å². The number of aromatic nitrogens is 1. The summed E-state index contributed by atoms with van der Waals surface area (Å²) >= 11 is 0. The molecule has 0 saturated heterocycles. The summed E-state index contributed by atoms with van der Waals surface area (Å²) in [6, 6.07) is 13.9. The van der Waals surface area contributed by atoms with Gasteiger partial charge in [-0.15, -0.1) is 0 Å². The predicted molar refractivity (Wildman–Crippen MR) is 90.2 cm³/mol. The van der Waals surface area contributed by atoms with E-state index in [1.807, 2.05) is 63.2 Å². The van der Waals surface area contributed by atoms with Gasteiger partial charge in [-0.25, -0.2) is 0 Å². The number of rotatable bonds is 4. The van der Waals surface area contributed by atoms with Gasteiger partial charge in [-0.05, 0) is 49.6 Å². The molecule has 0 aliphatic rings. The molecule has 0 radical (unpaired) electrons. The normalized spacial score (nSPS) is 12.3. The van der Waals surface area contributed by atoms with E-state index in [0.717, 1.165) is 22.1 Å². The molecule has 1 N–H and O–H groups in total. The van der Waals surface area contributed by atoms with Gasteiger partial charge in [0.2, 0.25) is 5.91 Å². The molecule has 1 heterocycles. The van der Waals surface area contributed by atoms with Gasteiger partial charge in [0.15, 0.2) is 5.58 Å². The molecule has 0 fully saturated rings. The van der Waals surface area contributed by atoms with E-state index in [2.05, 4.69) is 10.5 Å². The van der Waals surface area contributed by atoms with Crippen molar-refractivity contribution in [1.82, 2.24) is 10.5 Å². The Morgan fingerprint density at radius 3 is 2.61 bits per heavy atom. The Kier molecular flexibility index (Phi) is 4.15. The average Bonchev–Trinajstić information content (AvgIpc) is 2.90. The lowest BCUT2D eigenvalue weighted by molar-refractivity contribution is -0.121. The van der Waals surface area contributed by atoms with E-state index in [1.54, 1.807) is 0 Å². The van der Waals surface area contributed by atoms with E-state index < -0.39 is 0 Å². The standard InChI is InChI=1S/C19H20N2O2/c1-12-9-16-17(21-23-18(16)10-13(12)2)11-19(22)20-14(3)15-7-5-4-6-8-15/h4-10,14H,11H2,1-3H3,(H,20,22). The third-order valence-electron chi connectivity index (χ3n) is 4.17. The molecule has 23 heavy (non-hydrogen) atoms. The molecule has 0 saturated carbocycles. The Hall–Kier alpha value is -2.62. The fourth-order valence-corrected chi connectivity index (χ4v) is 2.64. The number of carbonyl (C=O) groups is 1. The molecule has 0 spiro atoms.